The first kappa shape index (κ1) is 15.8. The predicted octanol–water partition coefficient (Wildman–Crippen LogP) is 2.13. The lowest BCUT2D eigenvalue weighted by atomic mass is 9.99. The van der Waals surface area contributed by atoms with Crippen LogP contribution in [0.3, 0.4) is 0 Å². The van der Waals surface area contributed by atoms with Gasteiger partial charge in [-0.05, 0) is 37.5 Å². The number of amides is 2. The van der Waals surface area contributed by atoms with Crippen molar-refractivity contribution in [3.8, 4) is 0 Å². The average Bonchev–Trinajstić information content (AvgIpc) is 2.49. The van der Waals surface area contributed by atoms with Crippen LogP contribution in [0, 0.1) is 12.8 Å². The Balaban J connectivity index is 1.81. The Kier molecular flexibility index (Phi) is 5.59. The Morgan fingerprint density at radius 1 is 1.33 bits per heavy atom. The molecule has 1 aliphatic heterocycles. The smallest absolute Gasteiger partial charge is 0.243 e. The molecule has 1 aliphatic rings. The molecule has 1 fully saturated rings. The Bertz CT molecular complexity index is 528. The number of benzene rings is 1. The lowest BCUT2D eigenvalue weighted by Crippen LogP contribution is -2.38. The SMILES string of the molecule is Cc1ccc(Cl)cc1NC(=O)CNC(=O)C1CCOCC1. The highest BCUT2D eigenvalue weighted by atomic mass is 35.5. The molecule has 0 saturated carbocycles. The van der Waals surface area contributed by atoms with Crippen molar-refractivity contribution in [1.82, 2.24) is 5.32 Å². The lowest BCUT2D eigenvalue weighted by molar-refractivity contribution is -0.129. The fourth-order valence-electron chi connectivity index (χ4n) is 2.19. The van der Waals surface area contributed by atoms with Crippen LogP contribution in [0.5, 0.6) is 0 Å². The van der Waals surface area contributed by atoms with Crippen LogP contribution in [0.1, 0.15) is 18.4 Å². The molecule has 1 aromatic rings. The molecule has 0 bridgehead atoms. The molecule has 0 aromatic heterocycles. The van der Waals surface area contributed by atoms with Crippen LogP contribution in [0.15, 0.2) is 18.2 Å². The van der Waals surface area contributed by atoms with Gasteiger partial charge < -0.3 is 15.4 Å². The normalized spacial score (nSPS) is 15.5. The standard InChI is InChI=1S/C15H19ClN2O3/c1-10-2-3-12(16)8-13(10)18-14(19)9-17-15(20)11-4-6-21-7-5-11/h2-3,8,11H,4-7,9H2,1H3,(H,17,20)(H,18,19). The zero-order valence-corrected chi connectivity index (χ0v) is 12.7. The summed E-state index contributed by atoms with van der Waals surface area (Å²) in [5.74, 6) is -0.406. The molecule has 2 N–H and O–H groups in total. The van der Waals surface area contributed by atoms with E-state index in [1.165, 1.54) is 0 Å². The summed E-state index contributed by atoms with van der Waals surface area (Å²) in [6.07, 6.45) is 1.42. The number of carbonyl (C=O) groups is 2. The predicted molar refractivity (Wildman–Crippen MR) is 81.4 cm³/mol. The summed E-state index contributed by atoms with van der Waals surface area (Å²) in [7, 11) is 0. The summed E-state index contributed by atoms with van der Waals surface area (Å²) in [6, 6.07) is 5.28. The van der Waals surface area contributed by atoms with E-state index in [1.54, 1.807) is 12.1 Å². The van der Waals surface area contributed by atoms with Gasteiger partial charge in [-0.15, -0.1) is 0 Å². The van der Waals surface area contributed by atoms with Gasteiger partial charge >= 0.3 is 0 Å². The monoisotopic (exact) mass is 310 g/mol. The fourth-order valence-corrected chi connectivity index (χ4v) is 2.37. The molecule has 0 spiro atoms. The van der Waals surface area contributed by atoms with E-state index in [1.807, 2.05) is 13.0 Å². The number of aryl methyl sites for hydroxylation is 1. The van der Waals surface area contributed by atoms with Gasteiger partial charge in [0.2, 0.25) is 11.8 Å². The zero-order chi connectivity index (χ0) is 15.2. The maximum Gasteiger partial charge on any atom is 0.243 e. The van der Waals surface area contributed by atoms with Crippen LogP contribution in [0.25, 0.3) is 0 Å². The Morgan fingerprint density at radius 2 is 2.05 bits per heavy atom. The van der Waals surface area contributed by atoms with Crippen LogP contribution in [0.2, 0.25) is 5.02 Å². The summed E-state index contributed by atoms with van der Waals surface area (Å²) in [4.78, 5) is 23.8. The minimum absolute atomic E-state index is 0.0395. The fraction of sp³-hybridized carbons (Fsp3) is 0.467. The van der Waals surface area contributed by atoms with Gasteiger partial charge in [0, 0.05) is 29.8 Å². The van der Waals surface area contributed by atoms with Gasteiger partial charge in [0.05, 0.1) is 6.54 Å². The molecule has 1 aromatic carbocycles. The first-order valence-corrected chi connectivity index (χ1v) is 7.35. The summed E-state index contributed by atoms with van der Waals surface area (Å²) in [5.41, 5.74) is 1.58. The molecule has 0 radical (unpaired) electrons. The second-order valence-electron chi connectivity index (χ2n) is 5.11. The summed E-state index contributed by atoms with van der Waals surface area (Å²) in [5, 5.41) is 5.97. The van der Waals surface area contributed by atoms with Crippen molar-refractivity contribution < 1.29 is 14.3 Å². The van der Waals surface area contributed by atoms with Crippen molar-refractivity contribution in [2.45, 2.75) is 19.8 Å². The van der Waals surface area contributed by atoms with Crippen LogP contribution in [-0.2, 0) is 14.3 Å². The molecule has 6 heteroatoms. The quantitative estimate of drug-likeness (QED) is 0.895. The van der Waals surface area contributed by atoms with Crippen molar-refractivity contribution in [2.24, 2.45) is 5.92 Å². The topological polar surface area (TPSA) is 67.4 Å². The van der Waals surface area contributed by atoms with E-state index in [9.17, 15) is 9.59 Å². The number of hydrogen-bond donors (Lipinski definition) is 2. The van der Waals surface area contributed by atoms with E-state index < -0.39 is 0 Å². The molecule has 2 rings (SSSR count). The molecular weight excluding hydrogens is 292 g/mol. The van der Waals surface area contributed by atoms with Gasteiger partial charge in [0.1, 0.15) is 0 Å². The maximum atomic E-state index is 11.9. The highest BCUT2D eigenvalue weighted by Gasteiger charge is 2.21. The van der Waals surface area contributed by atoms with E-state index >= 15 is 0 Å². The van der Waals surface area contributed by atoms with Crippen molar-refractivity contribution >= 4 is 29.1 Å². The van der Waals surface area contributed by atoms with E-state index in [0.29, 0.717) is 36.8 Å². The molecule has 0 unspecified atom stereocenters. The van der Waals surface area contributed by atoms with Crippen molar-refractivity contribution in [3.05, 3.63) is 28.8 Å². The second kappa shape index (κ2) is 7.43. The Morgan fingerprint density at radius 3 is 2.76 bits per heavy atom. The third-order valence-electron chi connectivity index (χ3n) is 3.49. The number of rotatable bonds is 4. The molecule has 5 nitrogen and oxygen atoms in total. The third-order valence-corrected chi connectivity index (χ3v) is 3.72. The van der Waals surface area contributed by atoms with Crippen molar-refractivity contribution in [2.75, 3.05) is 25.1 Å². The number of hydrogen-bond acceptors (Lipinski definition) is 3. The minimum atomic E-state index is -0.263. The summed E-state index contributed by atoms with van der Waals surface area (Å²) < 4.78 is 5.21. The van der Waals surface area contributed by atoms with E-state index in [-0.39, 0.29) is 24.3 Å². The van der Waals surface area contributed by atoms with Gasteiger partial charge in [-0.2, -0.15) is 0 Å². The molecule has 114 valence electrons. The van der Waals surface area contributed by atoms with Crippen molar-refractivity contribution in [3.63, 3.8) is 0 Å². The zero-order valence-electron chi connectivity index (χ0n) is 11.9. The van der Waals surface area contributed by atoms with Gasteiger partial charge in [-0.25, -0.2) is 0 Å². The van der Waals surface area contributed by atoms with Crippen LogP contribution >= 0.6 is 11.6 Å². The highest BCUT2D eigenvalue weighted by molar-refractivity contribution is 6.31. The van der Waals surface area contributed by atoms with Gasteiger partial charge in [-0.3, -0.25) is 9.59 Å². The largest absolute Gasteiger partial charge is 0.381 e. The molecule has 1 saturated heterocycles. The summed E-state index contributed by atoms with van der Waals surface area (Å²) in [6.45, 7) is 3.05. The molecular formula is C15H19ClN2O3. The summed E-state index contributed by atoms with van der Waals surface area (Å²) >= 11 is 5.90. The third kappa shape index (κ3) is 4.72. The van der Waals surface area contributed by atoms with E-state index in [4.69, 9.17) is 16.3 Å². The number of carbonyl (C=O) groups excluding carboxylic acids is 2. The van der Waals surface area contributed by atoms with Crippen LogP contribution < -0.4 is 10.6 Å². The van der Waals surface area contributed by atoms with Crippen molar-refractivity contribution in [1.29, 1.82) is 0 Å². The number of ether oxygens (including phenoxy) is 1. The average molecular weight is 311 g/mol. The number of anilines is 1. The molecule has 0 aliphatic carbocycles. The van der Waals surface area contributed by atoms with Crippen LogP contribution in [-0.4, -0.2) is 31.6 Å². The number of halogens is 1. The van der Waals surface area contributed by atoms with E-state index in [2.05, 4.69) is 10.6 Å². The molecule has 2 amide bonds. The highest BCUT2D eigenvalue weighted by Crippen LogP contribution is 2.20. The first-order valence-electron chi connectivity index (χ1n) is 6.97. The first-order chi connectivity index (χ1) is 10.1. The Hall–Kier alpha value is -1.59. The van der Waals surface area contributed by atoms with Gasteiger partial charge in [0.25, 0.3) is 0 Å². The van der Waals surface area contributed by atoms with Gasteiger partial charge in [-0.1, -0.05) is 17.7 Å². The van der Waals surface area contributed by atoms with E-state index in [0.717, 1.165) is 5.56 Å². The molecule has 21 heavy (non-hydrogen) atoms. The molecule has 1 heterocycles. The van der Waals surface area contributed by atoms with Crippen LogP contribution in [0.4, 0.5) is 5.69 Å². The Labute approximate surface area is 129 Å². The maximum absolute atomic E-state index is 11.9. The second-order valence-corrected chi connectivity index (χ2v) is 5.55. The lowest BCUT2D eigenvalue weighted by Gasteiger charge is -2.21. The molecule has 0 atom stereocenters. The minimum Gasteiger partial charge on any atom is -0.381 e. The number of nitrogens with one attached hydrogen (secondary N) is 2. The van der Waals surface area contributed by atoms with Gasteiger partial charge in [0.15, 0.2) is 0 Å².